The van der Waals surface area contributed by atoms with Crippen molar-refractivity contribution in [2.75, 3.05) is 5.73 Å². The Kier molecular flexibility index (Phi) is 4.65. The molecule has 0 unspecified atom stereocenters. The van der Waals surface area contributed by atoms with Crippen molar-refractivity contribution >= 4 is 17.7 Å². The first kappa shape index (κ1) is 16.9. The number of benzene rings is 1. The molecule has 2 heterocycles. The second-order valence-electron chi connectivity index (χ2n) is 6.09. The quantitative estimate of drug-likeness (QED) is 0.717. The summed E-state index contributed by atoms with van der Waals surface area (Å²) < 4.78 is 6.95. The van der Waals surface area contributed by atoms with E-state index in [1.54, 1.807) is 4.52 Å². The summed E-state index contributed by atoms with van der Waals surface area (Å²) in [5.74, 6) is 0.417. The van der Waals surface area contributed by atoms with Crippen molar-refractivity contribution in [3.8, 4) is 0 Å². The SMILES string of the molecule is Cc1ccc(COC(=O)CCc2c(C)nc3nc(N)nn3c2C)cc1. The lowest BCUT2D eigenvalue weighted by atomic mass is 10.1. The van der Waals surface area contributed by atoms with Crippen molar-refractivity contribution in [1.82, 2.24) is 19.6 Å². The molecular weight excluding hydrogens is 318 g/mol. The lowest BCUT2D eigenvalue weighted by molar-refractivity contribution is -0.144. The second kappa shape index (κ2) is 6.88. The molecule has 25 heavy (non-hydrogen) atoms. The number of fused-ring (bicyclic) bond motifs is 1. The van der Waals surface area contributed by atoms with Crippen molar-refractivity contribution in [2.45, 2.75) is 40.2 Å². The number of nitrogens with zero attached hydrogens (tertiary/aromatic N) is 4. The molecule has 3 aromatic rings. The highest BCUT2D eigenvalue weighted by Gasteiger charge is 2.14. The van der Waals surface area contributed by atoms with Crippen LogP contribution < -0.4 is 5.73 Å². The highest BCUT2D eigenvalue weighted by atomic mass is 16.5. The van der Waals surface area contributed by atoms with Gasteiger partial charge in [0.25, 0.3) is 5.78 Å². The second-order valence-corrected chi connectivity index (χ2v) is 6.09. The largest absolute Gasteiger partial charge is 0.461 e. The van der Waals surface area contributed by atoms with Gasteiger partial charge in [-0.1, -0.05) is 29.8 Å². The molecule has 0 saturated carbocycles. The van der Waals surface area contributed by atoms with Gasteiger partial charge in [-0.3, -0.25) is 4.79 Å². The van der Waals surface area contributed by atoms with E-state index in [2.05, 4.69) is 15.1 Å². The van der Waals surface area contributed by atoms with Crippen LogP contribution in [0.25, 0.3) is 5.78 Å². The van der Waals surface area contributed by atoms with E-state index in [4.69, 9.17) is 10.5 Å². The zero-order chi connectivity index (χ0) is 18.0. The molecule has 0 saturated heterocycles. The van der Waals surface area contributed by atoms with Gasteiger partial charge in [-0.05, 0) is 38.3 Å². The van der Waals surface area contributed by atoms with Crippen LogP contribution in [0.3, 0.4) is 0 Å². The number of nitrogens with two attached hydrogens (primary N) is 1. The zero-order valence-corrected chi connectivity index (χ0v) is 14.6. The van der Waals surface area contributed by atoms with E-state index in [-0.39, 0.29) is 24.9 Å². The number of ether oxygens (including phenoxy) is 1. The van der Waals surface area contributed by atoms with Crippen molar-refractivity contribution in [1.29, 1.82) is 0 Å². The summed E-state index contributed by atoms with van der Waals surface area (Å²) in [4.78, 5) is 20.5. The number of esters is 1. The average molecular weight is 339 g/mol. The Morgan fingerprint density at radius 1 is 1.16 bits per heavy atom. The summed E-state index contributed by atoms with van der Waals surface area (Å²) in [6.07, 6.45) is 0.817. The first-order valence-corrected chi connectivity index (χ1v) is 8.13. The number of hydrogen-bond acceptors (Lipinski definition) is 6. The van der Waals surface area contributed by atoms with Crippen molar-refractivity contribution in [3.63, 3.8) is 0 Å². The third kappa shape index (κ3) is 3.76. The lowest BCUT2D eigenvalue weighted by Gasteiger charge is -2.10. The van der Waals surface area contributed by atoms with Gasteiger partial charge in [-0.2, -0.15) is 9.50 Å². The van der Waals surface area contributed by atoms with Crippen molar-refractivity contribution in [2.24, 2.45) is 0 Å². The first-order valence-electron chi connectivity index (χ1n) is 8.13. The minimum absolute atomic E-state index is 0.185. The Morgan fingerprint density at radius 3 is 2.60 bits per heavy atom. The first-order chi connectivity index (χ1) is 11.9. The van der Waals surface area contributed by atoms with Gasteiger partial charge in [0.1, 0.15) is 6.61 Å². The van der Waals surface area contributed by atoms with Crippen LogP contribution in [0.15, 0.2) is 24.3 Å². The molecule has 2 aromatic heterocycles. The Bertz CT molecular complexity index is 915. The van der Waals surface area contributed by atoms with Gasteiger partial charge in [0, 0.05) is 17.8 Å². The molecule has 0 aliphatic heterocycles. The topological polar surface area (TPSA) is 95.4 Å². The Balaban J connectivity index is 1.63. The van der Waals surface area contributed by atoms with E-state index in [0.29, 0.717) is 12.2 Å². The van der Waals surface area contributed by atoms with Gasteiger partial charge in [0.05, 0.1) is 0 Å². The maximum absolute atomic E-state index is 12.0. The highest BCUT2D eigenvalue weighted by Crippen LogP contribution is 2.16. The predicted molar refractivity (Wildman–Crippen MR) is 94.0 cm³/mol. The fourth-order valence-corrected chi connectivity index (χ4v) is 2.73. The summed E-state index contributed by atoms with van der Waals surface area (Å²) >= 11 is 0. The Labute approximate surface area is 145 Å². The normalized spacial score (nSPS) is 11.0. The lowest BCUT2D eigenvalue weighted by Crippen LogP contribution is -2.10. The average Bonchev–Trinajstić information content (AvgIpc) is 2.94. The van der Waals surface area contributed by atoms with Gasteiger partial charge in [0.15, 0.2) is 0 Å². The van der Waals surface area contributed by atoms with Crippen LogP contribution in [-0.2, 0) is 22.6 Å². The molecule has 0 radical (unpaired) electrons. The predicted octanol–water partition coefficient (Wildman–Crippen LogP) is 2.31. The number of aryl methyl sites for hydroxylation is 3. The number of hydrogen-bond donors (Lipinski definition) is 1. The van der Waals surface area contributed by atoms with Crippen LogP contribution in [0.4, 0.5) is 5.95 Å². The minimum Gasteiger partial charge on any atom is -0.461 e. The van der Waals surface area contributed by atoms with E-state index < -0.39 is 0 Å². The van der Waals surface area contributed by atoms with Crippen LogP contribution in [0, 0.1) is 20.8 Å². The van der Waals surface area contributed by atoms with Gasteiger partial charge >= 0.3 is 5.97 Å². The summed E-state index contributed by atoms with van der Waals surface area (Å²) in [5.41, 5.74) is 10.5. The summed E-state index contributed by atoms with van der Waals surface area (Å²) in [5, 5.41) is 4.13. The molecule has 7 nitrogen and oxygen atoms in total. The van der Waals surface area contributed by atoms with E-state index in [0.717, 1.165) is 22.5 Å². The molecular formula is C18H21N5O2. The van der Waals surface area contributed by atoms with Crippen LogP contribution in [0.5, 0.6) is 0 Å². The third-order valence-corrected chi connectivity index (χ3v) is 4.16. The Morgan fingerprint density at radius 2 is 1.88 bits per heavy atom. The number of carbonyl (C=O) groups is 1. The van der Waals surface area contributed by atoms with Crippen LogP contribution in [-0.4, -0.2) is 25.6 Å². The maximum Gasteiger partial charge on any atom is 0.306 e. The molecule has 0 amide bonds. The van der Waals surface area contributed by atoms with E-state index >= 15 is 0 Å². The molecule has 3 rings (SSSR count). The number of nitrogen functional groups attached to an aromatic ring is 1. The minimum atomic E-state index is -0.238. The summed E-state index contributed by atoms with van der Waals surface area (Å²) in [6.45, 7) is 6.12. The smallest absolute Gasteiger partial charge is 0.306 e. The molecule has 1 aromatic carbocycles. The monoisotopic (exact) mass is 339 g/mol. The molecule has 0 bridgehead atoms. The van der Waals surface area contributed by atoms with Gasteiger partial charge in [-0.15, -0.1) is 5.10 Å². The van der Waals surface area contributed by atoms with E-state index in [1.165, 1.54) is 5.56 Å². The van der Waals surface area contributed by atoms with E-state index in [9.17, 15) is 4.79 Å². The van der Waals surface area contributed by atoms with Crippen molar-refractivity contribution in [3.05, 3.63) is 52.3 Å². The van der Waals surface area contributed by atoms with Crippen LogP contribution in [0.2, 0.25) is 0 Å². The molecule has 0 spiro atoms. The molecule has 0 aliphatic carbocycles. The molecule has 0 aliphatic rings. The Hall–Kier alpha value is -2.96. The molecule has 0 fully saturated rings. The fraction of sp³-hybridized carbons (Fsp3) is 0.333. The van der Waals surface area contributed by atoms with Gasteiger partial charge in [0.2, 0.25) is 5.95 Å². The zero-order valence-electron chi connectivity index (χ0n) is 14.6. The number of rotatable bonds is 5. The van der Waals surface area contributed by atoms with Gasteiger partial charge in [-0.25, -0.2) is 4.98 Å². The summed E-state index contributed by atoms with van der Waals surface area (Å²) in [6, 6.07) is 7.93. The third-order valence-electron chi connectivity index (χ3n) is 4.16. The number of aromatic nitrogens is 4. The fourth-order valence-electron chi connectivity index (χ4n) is 2.73. The van der Waals surface area contributed by atoms with Crippen LogP contribution >= 0.6 is 0 Å². The summed E-state index contributed by atoms with van der Waals surface area (Å²) in [7, 11) is 0. The number of anilines is 1. The standard InChI is InChI=1S/C18H21N5O2/c1-11-4-6-14(7-5-11)10-25-16(24)9-8-15-12(2)20-18-21-17(19)22-23(18)13(15)3/h4-7H,8-10H2,1-3H3,(H2,19,22). The highest BCUT2D eigenvalue weighted by molar-refractivity contribution is 5.69. The number of carbonyl (C=O) groups excluding carboxylic acids is 1. The van der Waals surface area contributed by atoms with Gasteiger partial charge < -0.3 is 10.5 Å². The molecule has 7 heteroatoms. The maximum atomic E-state index is 12.0. The molecule has 130 valence electrons. The molecule has 2 N–H and O–H groups in total. The van der Waals surface area contributed by atoms with E-state index in [1.807, 2.05) is 45.0 Å². The molecule has 0 atom stereocenters. The van der Waals surface area contributed by atoms with Crippen LogP contribution in [0.1, 0.15) is 34.5 Å². The van der Waals surface area contributed by atoms with Crippen molar-refractivity contribution < 1.29 is 9.53 Å².